The zero-order valence-electron chi connectivity index (χ0n) is 19.5. The molecule has 0 heterocycles. The number of methoxy groups -OCH3 is 1. The van der Waals surface area contributed by atoms with Gasteiger partial charge in [0.1, 0.15) is 16.4 Å². The number of hydrogen-bond donors (Lipinski definition) is 1. The van der Waals surface area contributed by atoms with Crippen LogP contribution in [0.2, 0.25) is 0 Å². The van der Waals surface area contributed by atoms with Gasteiger partial charge in [0.05, 0.1) is 25.3 Å². The molecule has 0 fully saturated rings. The number of rotatable bonds is 11. The summed E-state index contributed by atoms with van der Waals surface area (Å²) in [6.07, 6.45) is -0.483. The second-order valence-corrected chi connectivity index (χ2v) is 9.39. The first-order chi connectivity index (χ1) is 15.6. The van der Waals surface area contributed by atoms with Crippen LogP contribution in [0.25, 0.3) is 0 Å². The smallest absolute Gasteiger partial charge is 0.347 e. The topological polar surface area (TPSA) is 115 Å². The number of sulfonamides is 1. The molecule has 2 aromatic rings. The molecule has 1 atom stereocenters. The van der Waals surface area contributed by atoms with Crippen molar-refractivity contribution in [1.29, 1.82) is 5.26 Å². The van der Waals surface area contributed by atoms with E-state index in [1.165, 1.54) is 25.3 Å². The number of esters is 1. The van der Waals surface area contributed by atoms with Crippen molar-refractivity contribution in [2.45, 2.75) is 51.0 Å². The number of hydrogen-bond acceptors (Lipinski definition) is 7. The molecule has 9 heteroatoms. The number of nitrogens with zero attached hydrogens (tertiary/aromatic N) is 1. The highest BCUT2D eigenvalue weighted by molar-refractivity contribution is 7.89. The van der Waals surface area contributed by atoms with E-state index < -0.39 is 22.1 Å². The van der Waals surface area contributed by atoms with E-state index in [0.29, 0.717) is 12.2 Å². The number of carbonyl (C=O) groups is 1. The van der Waals surface area contributed by atoms with Gasteiger partial charge in [-0.05, 0) is 61.6 Å². The molecule has 2 aromatic carbocycles. The van der Waals surface area contributed by atoms with Crippen LogP contribution < -0.4 is 14.2 Å². The van der Waals surface area contributed by atoms with Gasteiger partial charge < -0.3 is 14.2 Å². The minimum atomic E-state index is -3.93. The Bertz CT molecular complexity index is 1120. The summed E-state index contributed by atoms with van der Waals surface area (Å²) >= 11 is 0. The Morgan fingerprint density at radius 2 is 1.85 bits per heavy atom. The van der Waals surface area contributed by atoms with Gasteiger partial charge in [0.25, 0.3) is 0 Å². The summed E-state index contributed by atoms with van der Waals surface area (Å²) in [5.41, 5.74) is 1.99. The first-order valence-corrected chi connectivity index (χ1v) is 12.1. The van der Waals surface area contributed by atoms with Gasteiger partial charge >= 0.3 is 5.97 Å². The maximum absolute atomic E-state index is 12.8. The van der Waals surface area contributed by atoms with Crippen LogP contribution in [0.15, 0.2) is 41.3 Å². The molecular formula is C24H30N2O6S. The highest BCUT2D eigenvalue weighted by Gasteiger charge is 2.21. The Labute approximate surface area is 195 Å². The Balaban J connectivity index is 2.22. The molecule has 0 bridgehead atoms. The van der Waals surface area contributed by atoms with E-state index in [-0.39, 0.29) is 35.3 Å². The van der Waals surface area contributed by atoms with E-state index in [1.54, 1.807) is 13.8 Å². The SMILES string of the molecule is CCOC(=O)C(C)Oc1cc(C(C)C)ccc1CCNS(=O)(=O)c1cc(C#N)ccc1OC. The average Bonchev–Trinajstić information content (AvgIpc) is 2.79. The maximum atomic E-state index is 12.8. The molecule has 0 aromatic heterocycles. The number of ether oxygens (including phenoxy) is 3. The highest BCUT2D eigenvalue weighted by Crippen LogP contribution is 2.27. The lowest BCUT2D eigenvalue weighted by molar-refractivity contribution is -0.150. The second kappa shape index (κ2) is 11.7. The lowest BCUT2D eigenvalue weighted by Crippen LogP contribution is -2.28. The van der Waals surface area contributed by atoms with E-state index in [4.69, 9.17) is 19.5 Å². The summed E-state index contributed by atoms with van der Waals surface area (Å²) in [5, 5.41) is 9.10. The molecule has 0 saturated heterocycles. The van der Waals surface area contributed by atoms with Gasteiger partial charge in [0.15, 0.2) is 6.10 Å². The van der Waals surface area contributed by atoms with Crippen molar-refractivity contribution in [2.24, 2.45) is 0 Å². The second-order valence-electron chi connectivity index (χ2n) is 7.66. The molecular weight excluding hydrogens is 444 g/mol. The van der Waals surface area contributed by atoms with Crippen molar-refractivity contribution >= 4 is 16.0 Å². The summed E-state index contributed by atoms with van der Waals surface area (Å²) < 4.78 is 44.3. The Morgan fingerprint density at radius 3 is 2.45 bits per heavy atom. The van der Waals surface area contributed by atoms with E-state index in [9.17, 15) is 13.2 Å². The minimum absolute atomic E-state index is 0.0768. The lowest BCUT2D eigenvalue weighted by atomic mass is 10.00. The quantitative estimate of drug-likeness (QED) is 0.495. The molecule has 0 spiro atoms. The largest absolute Gasteiger partial charge is 0.495 e. The zero-order chi connectivity index (χ0) is 24.6. The van der Waals surface area contributed by atoms with Gasteiger partial charge in [-0.2, -0.15) is 5.26 Å². The number of nitriles is 1. The van der Waals surface area contributed by atoms with Gasteiger partial charge in [0.2, 0.25) is 10.0 Å². The number of carbonyl (C=O) groups excluding carboxylic acids is 1. The molecule has 8 nitrogen and oxygen atoms in total. The van der Waals surface area contributed by atoms with Crippen molar-refractivity contribution in [3.8, 4) is 17.6 Å². The Morgan fingerprint density at radius 1 is 1.12 bits per heavy atom. The monoisotopic (exact) mass is 474 g/mol. The standard InChI is InChI=1S/C24H30N2O6S/c1-6-31-24(27)17(4)32-22-14-20(16(2)3)9-8-19(22)11-12-26-33(28,29)23-13-18(15-25)7-10-21(23)30-5/h7-10,13-14,16-17,26H,6,11-12H2,1-5H3. The molecule has 0 aliphatic rings. The molecule has 1 unspecified atom stereocenters. The van der Waals surface area contributed by atoms with Crippen LogP contribution in [0, 0.1) is 11.3 Å². The summed E-state index contributed by atoms with van der Waals surface area (Å²) in [7, 11) is -2.56. The van der Waals surface area contributed by atoms with Crippen molar-refractivity contribution in [3.63, 3.8) is 0 Å². The van der Waals surface area contributed by atoms with Crippen molar-refractivity contribution in [3.05, 3.63) is 53.1 Å². The first-order valence-electron chi connectivity index (χ1n) is 10.7. The van der Waals surface area contributed by atoms with Gasteiger partial charge in [-0.25, -0.2) is 17.9 Å². The Hall–Kier alpha value is -3.09. The van der Waals surface area contributed by atoms with E-state index in [0.717, 1.165) is 11.1 Å². The van der Waals surface area contributed by atoms with Crippen LogP contribution in [0.4, 0.5) is 0 Å². The highest BCUT2D eigenvalue weighted by atomic mass is 32.2. The fourth-order valence-electron chi connectivity index (χ4n) is 3.10. The molecule has 0 saturated carbocycles. The number of nitrogens with one attached hydrogen (secondary N) is 1. The first kappa shape index (κ1) is 26.2. The van der Waals surface area contributed by atoms with Gasteiger partial charge in [-0.1, -0.05) is 26.0 Å². The summed E-state index contributed by atoms with van der Waals surface area (Å²) in [6.45, 7) is 7.76. The van der Waals surface area contributed by atoms with Crippen LogP contribution in [-0.2, 0) is 26.0 Å². The predicted octanol–water partition coefficient (Wildman–Crippen LogP) is 3.54. The normalized spacial score (nSPS) is 12.2. The van der Waals surface area contributed by atoms with Gasteiger partial charge in [-0.3, -0.25) is 0 Å². The zero-order valence-corrected chi connectivity index (χ0v) is 20.4. The summed E-state index contributed by atoms with van der Waals surface area (Å²) in [6, 6.07) is 11.8. The van der Waals surface area contributed by atoms with Gasteiger partial charge in [0, 0.05) is 6.54 Å². The van der Waals surface area contributed by atoms with Crippen LogP contribution in [0.3, 0.4) is 0 Å². The fraction of sp³-hybridized carbons (Fsp3) is 0.417. The number of benzene rings is 2. The van der Waals surface area contributed by atoms with Crippen LogP contribution in [-0.4, -0.2) is 40.8 Å². The fourth-order valence-corrected chi connectivity index (χ4v) is 4.32. The molecule has 0 aliphatic carbocycles. The van der Waals surface area contributed by atoms with Crippen molar-refractivity contribution < 1.29 is 27.4 Å². The van der Waals surface area contributed by atoms with Crippen LogP contribution >= 0.6 is 0 Å². The summed E-state index contributed by atoms with van der Waals surface area (Å²) in [5.74, 6) is 0.432. The molecule has 0 amide bonds. The lowest BCUT2D eigenvalue weighted by Gasteiger charge is -2.18. The third-order valence-electron chi connectivity index (χ3n) is 4.95. The van der Waals surface area contributed by atoms with Crippen molar-refractivity contribution in [1.82, 2.24) is 4.72 Å². The maximum Gasteiger partial charge on any atom is 0.347 e. The minimum Gasteiger partial charge on any atom is -0.495 e. The average molecular weight is 475 g/mol. The van der Waals surface area contributed by atoms with E-state index in [2.05, 4.69) is 4.72 Å². The third kappa shape index (κ3) is 6.94. The molecule has 2 rings (SSSR count). The molecule has 33 heavy (non-hydrogen) atoms. The van der Waals surface area contributed by atoms with Gasteiger partial charge in [-0.15, -0.1) is 0 Å². The van der Waals surface area contributed by atoms with Crippen LogP contribution in [0.5, 0.6) is 11.5 Å². The van der Waals surface area contributed by atoms with E-state index in [1.807, 2.05) is 38.1 Å². The van der Waals surface area contributed by atoms with Crippen LogP contribution in [0.1, 0.15) is 50.3 Å². The Kier molecular flexibility index (Phi) is 9.26. The predicted molar refractivity (Wildman–Crippen MR) is 124 cm³/mol. The van der Waals surface area contributed by atoms with E-state index >= 15 is 0 Å². The summed E-state index contributed by atoms with van der Waals surface area (Å²) in [4.78, 5) is 11.9. The van der Waals surface area contributed by atoms with Crippen molar-refractivity contribution in [2.75, 3.05) is 20.3 Å². The molecule has 0 radical (unpaired) electrons. The molecule has 1 N–H and O–H groups in total. The third-order valence-corrected chi connectivity index (χ3v) is 6.43. The molecule has 0 aliphatic heterocycles. The molecule has 178 valence electrons.